The molecule has 0 aliphatic carbocycles. The zero-order valence-electron chi connectivity index (χ0n) is 35.1. The van der Waals surface area contributed by atoms with Crippen molar-refractivity contribution in [2.24, 2.45) is 0 Å². The fraction of sp³-hybridized carbons (Fsp3) is 0.439. The maximum atomic E-state index is 12.7. The molecule has 65 heavy (non-hydrogen) atoms. The van der Waals surface area contributed by atoms with Gasteiger partial charge in [0, 0.05) is 29.7 Å². The van der Waals surface area contributed by atoms with Crippen LogP contribution in [0.5, 0.6) is 11.5 Å². The Bertz CT molecular complexity index is 2310. The summed E-state index contributed by atoms with van der Waals surface area (Å²) in [5.74, 6) is -2.38. The Kier molecular flexibility index (Phi) is 19.4. The normalized spacial score (nSPS) is 19.0. The average Bonchev–Trinajstić information content (AvgIpc) is 3.75. The van der Waals surface area contributed by atoms with Crippen LogP contribution in [-0.4, -0.2) is 159 Å². The summed E-state index contributed by atoms with van der Waals surface area (Å²) in [6, 6.07) is 15.9. The van der Waals surface area contributed by atoms with Gasteiger partial charge in [-0.15, -0.1) is 5.10 Å². The van der Waals surface area contributed by atoms with Gasteiger partial charge in [0.05, 0.1) is 76.2 Å². The van der Waals surface area contributed by atoms with E-state index in [-0.39, 0.29) is 73.7 Å². The fourth-order valence-corrected chi connectivity index (χ4v) is 7.58. The highest BCUT2D eigenvalue weighted by atomic mass is 32.2. The van der Waals surface area contributed by atoms with Crippen molar-refractivity contribution in [1.29, 1.82) is 0 Å². The van der Waals surface area contributed by atoms with Crippen LogP contribution in [0.2, 0.25) is 0 Å². The molecule has 4 aromatic rings. The van der Waals surface area contributed by atoms with Gasteiger partial charge < -0.3 is 63.5 Å². The van der Waals surface area contributed by atoms with Gasteiger partial charge in [-0.3, -0.25) is 14.4 Å². The molecular weight excluding hydrogens is 899 g/mol. The smallest absolute Gasteiger partial charge is 0.251 e. The molecule has 1 saturated heterocycles. The van der Waals surface area contributed by atoms with Crippen LogP contribution in [-0.2, 0) is 53.2 Å². The third-order valence-corrected chi connectivity index (χ3v) is 11.7. The minimum absolute atomic E-state index is 0.00963. The zero-order chi connectivity index (χ0) is 46.9. The number of aliphatic hydroxyl groups is 4. The Balaban J connectivity index is 0.898. The van der Waals surface area contributed by atoms with E-state index in [2.05, 4.69) is 20.9 Å². The minimum atomic E-state index is -3.61. The maximum absolute atomic E-state index is 12.7. The highest BCUT2D eigenvalue weighted by Gasteiger charge is 2.45. The van der Waals surface area contributed by atoms with E-state index in [4.69, 9.17) is 27.9 Å². The number of hydrogen-bond acceptors (Lipinski definition) is 19. The van der Waals surface area contributed by atoms with Crippen LogP contribution < -0.4 is 19.6 Å². The highest BCUT2D eigenvalue weighted by Crippen LogP contribution is 2.33. The molecule has 6 atom stereocenters. The molecule has 354 valence electrons. The molecule has 2 heterocycles. The molecular formula is C41H50N5O17S2-. The van der Waals surface area contributed by atoms with E-state index >= 15 is 0 Å². The van der Waals surface area contributed by atoms with Crippen molar-refractivity contribution in [3.8, 4) is 11.5 Å². The summed E-state index contributed by atoms with van der Waals surface area (Å²) < 4.78 is 81.4. The molecule has 0 spiro atoms. The Labute approximate surface area is 376 Å². The number of aromatic nitrogens is 3. The number of carbonyl (C=O) groups excluding carboxylic acids is 3. The molecule has 1 fully saturated rings. The van der Waals surface area contributed by atoms with E-state index in [0.717, 1.165) is 11.6 Å². The lowest BCUT2D eigenvalue weighted by Gasteiger charge is -2.39. The van der Waals surface area contributed by atoms with Crippen LogP contribution in [0.1, 0.15) is 48.8 Å². The molecule has 5 rings (SSSR count). The van der Waals surface area contributed by atoms with Crippen molar-refractivity contribution in [3.63, 3.8) is 0 Å². The van der Waals surface area contributed by atoms with Gasteiger partial charge >= 0.3 is 0 Å². The summed E-state index contributed by atoms with van der Waals surface area (Å²) in [6.07, 6.45) is -6.57. The van der Waals surface area contributed by atoms with Crippen molar-refractivity contribution in [2.75, 3.05) is 58.5 Å². The van der Waals surface area contributed by atoms with Crippen molar-refractivity contribution in [2.45, 2.75) is 62.0 Å². The molecule has 1 aromatic heterocycles. The topological polar surface area (TPSA) is 317 Å². The number of Topliss-reactive ketones (excluding diaryl/α,β-unsaturated/α-hetero) is 1. The molecule has 0 radical (unpaired) electrons. The number of sulfone groups is 1. The number of amides is 2. The lowest BCUT2D eigenvalue weighted by Crippen LogP contribution is -2.60. The number of nitrogens with zero attached hydrogens (tertiary/aromatic N) is 3. The summed E-state index contributed by atoms with van der Waals surface area (Å²) >= 11 is -3.08. The van der Waals surface area contributed by atoms with Crippen LogP contribution in [0.15, 0.2) is 77.8 Å². The molecule has 1 aliphatic rings. The molecule has 1 aliphatic heterocycles. The van der Waals surface area contributed by atoms with Crippen LogP contribution in [0.25, 0.3) is 0 Å². The van der Waals surface area contributed by atoms with Gasteiger partial charge in [-0.2, -0.15) is 0 Å². The van der Waals surface area contributed by atoms with Crippen molar-refractivity contribution < 1.29 is 79.9 Å². The first-order valence-corrected chi connectivity index (χ1v) is 22.8. The van der Waals surface area contributed by atoms with Gasteiger partial charge in [-0.25, -0.2) is 17.3 Å². The maximum Gasteiger partial charge on any atom is 0.251 e. The predicted molar refractivity (Wildman–Crippen MR) is 225 cm³/mol. The van der Waals surface area contributed by atoms with Crippen LogP contribution in [0.4, 0.5) is 0 Å². The molecule has 24 heteroatoms. The SMILES string of the molecule is Cc1ccc(S(=O)(=O)CCC(=O)c2ccc(C(=O)NCc3cn(CCOCCOCCOCCNC(=O)c4ccc(OC5O[C@H](CO)[C@H](O)[C@H](O)[C@H]5O)c(OS(=O)[O-])c4)nn3)cc2)cc1. The molecule has 2 amide bonds. The van der Waals surface area contributed by atoms with E-state index in [9.17, 15) is 52.0 Å². The van der Waals surface area contributed by atoms with Crippen LogP contribution >= 0.6 is 0 Å². The molecule has 0 saturated carbocycles. The van der Waals surface area contributed by atoms with Gasteiger partial charge in [0.2, 0.25) is 6.29 Å². The quantitative estimate of drug-likeness (QED) is 0.0260. The first kappa shape index (κ1) is 50.7. The monoisotopic (exact) mass is 948 g/mol. The highest BCUT2D eigenvalue weighted by molar-refractivity contribution is 7.91. The number of nitrogens with one attached hydrogen (secondary N) is 2. The third kappa shape index (κ3) is 15.4. The average molecular weight is 949 g/mol. The first-order chi connectivity index (χ1) is 31.1. The number of hydrogen-bond donors (Lipinski definition) is 6. The van der Waals surface area contributed by atoms with Gasteiger partial charge in [0.15, 0.2) is 27.1 Å². The van der Waals surface area contributed by atoms with Crippen LogP contribution in [0, 0.1) is 6.92 Å². The molecule has 2 unspecified atom stereocenters. The summed E-state index contributed by atoms with van der Waals surface area (Å²) in [7, 11) is -3.61. The Morgan fingerprint density at radius 2 is 1.45 bits per heavy atom. The minimum Gasteiger partial charge on any atom is -0.740 e. The van der Waals surface area contributed by atoms with Gasteiger partial charge in [-0.05, 0) is 49.4 Å². The predicted octanol–water partition coefficient (Wildman–Crippen LogP) is -0.605. The van der Waals surface area contributed by atoms with Crippen molar-refractivity contribution in [1.82, 2.24) is 25.6 Å². The van der Waals surface area contributed by atoms with Crippen LogP contribution in [0.3, 0.4) is 0 Å². The van der Waals surface area contributed by atoms with E-state index < -0.39 is 76.1 Å². The van der Waals surface area contributed by atoms with E-state index in [1.165, 1.54) is 48.5 Å². The Morgan fingerprint density at radius 3 is 2.12 bits per heavy atom. The third-order valence-electron chi connectivity index (χ3n) is 9.66. The fourth-order valence-electron chi connectivity index (χ4n) is 6.06. The second-order valence-corrected chi connectivity index (χ2v) is 17.1. The Hall–Kier alpha value is -5.25. The standard InChI is InChI=1S/C41H51N5O17S2/c1-26-2-9-31(10-3-26)65(56,57)21-12-32(48)27-4-6-28(7-5-27)39(52)43-23-30-24-46(45-44-30)14-16-59-18-20-60-19-17-58-15-13-42-40(53)29-8-11-33(34(22-29)63-64(54)55)61-41-38(51)37(50)36(49)35(25-47)62-41/h2-11,22,24,35-38,41,47,49-51H,12-21,23,25H2,1H3,(H,42,53)(H,43,52)(H,54,55)/p-1/t35-,36+,37+,38-,41?/m1/s1. The number of ketones is 1. The lowest BCUT2D eigenvalue weighted by atomic mass is 9.99. The van der Waals surface area contributed by atoms with E-state index in [0.29, 0.717) is 36.6 Å². The Morgan fingerprint density at radius 1 is 0.815 bits per heavy atom. The molecule has 6 N–H and O–H groups in total. The number of aryl methyl sites for hydroxylation is 1. The van der Waals surface area contributed by atoms with E-state index in [1.807, 2.05) is 6.92 Å². The van der Waals surface area contributed by atoms with Gasteiger partial charge in [0.1, 0.15) is 41.5 Å². The molecule has 22 nitrogen and oxygen atoms in total. The second-order valence-electron chi connectivity index (χ2n) is 14.4. The lowest BCUT2D eigenvalue weighted by molar-refractivity contribution is -0.277. The zero-order valence-corrected chi connectivity index (χ0v) is 36.7. The number of benzene rings is 3. The number of rotatable bonds is 26. The number of carbonyl (C=O) groups is 3. The molecule has 0 bridgehead atoms. The second kappa shape index (κ2) is 24.9. The molecule has 3 aromatic carbocycles. The number of ether oxygens (including phenoxy) is 5. The van der Waals surface area contributed by atoms with Crippen molar-refractivity contribution >= 4 is 38.8 Å². The van der Waals surface area contributed by atoms with Gasteiger partial charge in [0.25, 0.3) is 11.8 Å². The summed E-state index contributed by atoms with van der Waals surface area (Å²) in [5.41, 5.74) is 2.04. The summed E-state index contributed by atoms with van der Waals surface area (Å²) in [6.45, 7) is 3.23. The summed E-state index contributed by atoms with van der Waals surface area (Å²) in [4.78, 5) is 38.2. The number of aliphatic hydroxyl groups excluding tert-OH is 4. The summed E-state index contributed by atoms with van der Waals surface area (Å²) in [5, 5.41) is 53.0. The van der Waals surface area contributed by atoms with E-state index in [1.54, 1.807) is 23.0 Å². The largest absolute Gasteiger partial charge is 0.740 e. The van der Waals surface area contributed by atoms with Crippen molar-refractivity contribution in [3.05, 3.63) is 101 Å². The van der Waals surface area contributed by atoms with Gasteiger partial charge in [-0.1, -0.05) is 35.0 Å². The first-order valence-electron chi connectivity index (χ1n) is 20.2.